The number of rotatable bonds is 10. The van der Waals surface area contributed by atoms with Gasteiger partial charge in [0.25, 0.3) is 0 Å². The number of hydrogen-bond donors (Lipinski definition) is 0. The molecule has 2 heterocycles. The van der Waals surface area contributed by atoms with Gasteiger partial charge in [-0.05, 0) is 48.6 Å². The van der Waals surface area contributed by atoms with Crippen molar-refractivity contribution in [2.75, 3.05) is 21.3 Å². The number of carbonyl (C=O) groups excluding carboxylic acids is 4. The quantitative estimate of drug-likeness (QED) is 0.398. The van der Waals surface area contributed by atoms with Crippen LogP contribution in [0.15, 0.2) is 24.3 Å². The topological polar surface area (TPSA) is 74.8 Å². The molecule has 30 heavy (non-hydrogen) atoms. The summed E-state index contributed by atoms with van der Waals surface area (Å²) in [5.41, 5.74) is 0.973. The number of carbonyl (C=O) groups is 4. The van der Waals surface area contributed by atoms with Crippen molar-refractivity contribution in [1.29, 1.82) is 0 Å². The Bertz CT molecular complexity index is 745. The zero-order valence-corrected chi connectivity index (χ0v) is 19.1. The molecule has 1 aromatic carbocycles. The Balaban J connectivity index is 1.67. The third-order valence-corrected chi connectivity index (χ3v) is 7.80. The van der Waals surface area contributed by atoms with Crippen LogP contribution in [0.5, 0.6) is 0 Å². The molecule has 2 saturated heterocycles. The predicted molar refractivity (Wildman–Crippen MR) is 123 cm³/mol. The van der Waals surface area contributed by atoms with Gasteiger partial charge < -0.3 is 0 Å². The van der Waals surface area contributed by atoms with Crippen LogP contribution in [-0.4, -0.2) is 45.6 Å². The smallest absolute Gasteiger partial charge is 0.247 e. The first-order valence-corrected chi connectivity index (χ1v) is 12.6. The third kappa shape index (κ3) is 4.91. The fourth-order valence-corrected chi connectivity index (χ4v) is 6.00. The number of unbranched alkanes of at least 4 members (excludes halogenated alkanes) is 2. The van der Waals surface area contributed by atoms with Crippen molar-refractivity contribution in [2.24, 2.45) is 0 Å². The van der Waals surface area contributed by atoms with Crippen LogP contribution in [0, 0.1) is 0 Å². The molecule has 0 aromatic heterocycles. The second kappa shape index (κ2) is 10.5. The second-order valence-corrected chi connectivity index (χ2v) is 10.1. The predicted octanol–water partition coefficient (Wildman–Crippen LogP) is 4.02. The lowest BCUT2D eigenvalue weighted by Gasteiger charge is -2.18. The van der Waals surface area contributed by atoms with Gasteiger partial charge in [-0.15, -0.1) is 23.5 Å². The Hall–Kier alpha value is -1.80. The number of imide groups is 2. The normalized spacial score (nSPS) is 21.9. The Morgan fingerprint density at radius 1 is 0.733 bits per heavy atom. The lowest BCUT2D eigenvalue weighted by Crippen LogP contribution is -2.32. The number of amides is 4. The molecular formula is C22H28N2O4S2. The van der Waals surface area contributed by atoms with E-state index in [4.69, 9.17) is 0 Å². The Morgan fingerprint density at radius 3 is 1.43 bits per heavy atom. The van der Waals surface area contributed by atoms with Crippen molar-refractivity contribution in [3.63, 3.8) is 0 Å². The van der Waals surface area contributed by atoms with Crippen molar-refractivity contribution in [3.8, 4) is 0 Å². The standard InChI is InChI=1S/C22H28N2O4S2/c1-3-5-11-29-17-13-19(25)23(21(17)27)15-7-9-16(10-8-15)24-20(26)14-18(22(24)28)30-12-6-4-2/h7-10,17-18H,3-6,11-14H2,1-2H3/t17-,18+. The molecule has 1 aromatic rings. The summed E-state index contributed by atoms with van der Waals surface area (Å²) < 4.78 is 0. The molecule has 2 fully saturated rings. The molecule has 0 bridgehead atoms. The summed E-state index contributed by atoms with van der Waals surface area (Å²) in [4.78, 5) is 52.7. The van der Waals surface area contributed by atoms with Crippen LogP contribution in [0.2, 0.25) is 0 Å². The molecule has 2 atom stereocenters. The molecule has 0 radical (unpaired) electrons. The van der Waals surface area contributed by atoms with Crippen LogP contribution in [0.25, 0.3) is 0 Å². The highest BCUT2D eigenvalue weighted by molar-refractivity contribution is 8.00. The maximum Gasteiger partial charge on any atom is 0.247 e. The van der Waals surface area contributed by atoms with E-state index < -0.39 is 0 Å². The van der Waals surface area contributed by atoms with E-state index in [0.717, 1.165) is 37.2 Å². The molecule has 0 spiro atoms. The zero-order valence-electron chi connectivity index (χ0n) is 17.5. The Labute approximate surface area is 186 Å². The van der Waals surface area contributed by atoms with Gasteiger partial charge in [-0.25, -0.2) is 9.80 Å². The average molecular weight is 449 g/mol. The van der Waals surface area contributed by atoms with E-state index in [0.29, 0.717) is 11.4 Å². The van der Waals surface area contributed by atoms with Crippen LogP contribution in [0.3, 0.4) is 0 Å². The number of anilines is 2. The molecule has 3 rings (SSSR count). The van der Waals surface area contributed by atoms with Gasteiger partial charge in [-0.1, -0.05) is 26.7 Å². The van der Waals surface area contributed by atoms with Gasteiger partial charge in [0.15, 0.2) is 0 Å². The molecule has 8 heteroatoms. The molecule has 6 nitrogen and oxygen atoms in total. The minimum Gasteiger partial charge on any atom is -0.274 e. The van der Waals surface area contributed by atoms with E-state index in [1.807, 2.05) is 0 Å². The largest absolute Gasteiger partial charge is 0.274 e. The fraction of sp³-hybridized carbons (Fsp3) is 0.545. The van der Waals surface area contributed by atoms with Crippen molar-refractivity contribution in [3.05, 3.63) is 24.3 Å². The SMILES string of the molecule is CCCCS[C@H]1CC(=O)N(c2ccc(N3C(=O)C[C@@H](SCCCC)C3=O)cc2)C1=O. The molecule has 2 aliphatic heterocycles. The van der Waals surface area contributed by atoms with Crippen LogP contribution in [0.1, 0.15) is 52.4 Å². The third-order valence-electron chi connectivity index (χ3n) is 5.21. The summed E-state index contributed by atoms with van der Waals surface area (Å²) >= 11 is 3.08. The van der Waals surface area contributed by atoms with Gasteiger partial charge >= 0.3 is 0 Å². The van der Waals surface area contributed by atoms with E-state index in [9.17, 15) is 19.2 Å². The van der Waals surface area contributed by atoms with Crippen LogP contribution < -0.4 is 9.80 Å². The Morgan fingerprint density at radius 2 is 1.10 bits per heavy atom. The van der Waals surface area contributed by atoms with Gasteiger partial charge in [0.05, 0.1) is 21.9 Å². The molecule has 0 saturated carbocycles. The summed E-state index contributed by atoms with van der Waals surface area (Å²) in [6.07, 6.45) is 4.58. The molecule has 0 N–H and O–H groups in total. The molecular weight excluding hydrogens is 420 g/mol. The lowest BCUT2D eigenvalue weighted by molar-refractivity contribution is -0.122. The van der Waals surface area contributed by atoms with Gasteiger partial charge in [0.1, 0.15) is 0 Å². The van der Waals surface area contributed by atoms with Gasteiger partial charge in [-0.2, -0.15) is 0 Å². The minimum atomic E-state index is -0.327. The number of hydrogen-bond acceptors (Lipinski definition) is 6. The summed E-state index contributed by atoms with van der Waals surface area (Å²) in [6, 6.07) is 6.56. The van der Waals surface area contributed by atoms with Crippen LogP contribution in [-0.2, 0) is 19.2 Å². The monoisotopic (exact) mass is 448 g/mol. The highest BCUT2D eigenvalue weighted by Gasteiger charge is 2.41. The molecule has 162 valence electrons. The summed E-state index contributed by atoms with van der Waals surface area (Å²) in [5.74, 6) is 0.946. The van der Waals surface area contributed by atoms with Crippen LogP contribution >= 0.6 is 23.5 Å². The number of thioether (sulfide) groups is 2. The second-order valence-electron chi connectivity index (χ2n) is 7.49. The van der Waals surface area contributed by atoms with E-state index in [-0.39, 0.29) is 47.0 Å². The summed E-state index contributed by atoms with van der Waals surface area (Å²) in [5, 5.41) is -0.655. The Kier molecular flexibility index (Phi) is 7.99. The first-order chi connectivity index (χ1) is 14.5. The average Bonchev–Trinajstić information content (AvgIpc) is 3.17. The van der Waals surface area contributed by atoms with E-state index >= 15 is 0 Å². The molecule has 2 aliphatic rings. The summed E-state index contributed by atoms with van der Waals surface area (Å²) in [6.45, 7) is 4.19. The van der Waals surface area contributed by atoms with E-state index in [1.165, 1.54) is 33.3 Å². The fourth-order valence-electron chi connectivity index (χ4n) is 3.50. The zero-order chi connectivity index (χ0) is 21.7. The van der Waals surface area contributed by atoms with E-state index in [2.05, 4.69) is 13.8 Å². The first kappa shape index (κ1) is 22.9. The number of benzene rings is 1. The number of nitrogens with zero attached hydrogens (tertiary/aromatic N) is 2. The highest BCUT2D eigenvalue weighted by atomic mass is 32.2. The summed E-state index contributed by atoms with van der Waals surface area (Å²) in [7, 11) is 0. The lowest BCUT2D eigenvalue weighted by atomic mass is 10.2. The van der Waals surface area contributed by atoms with Crippen molar-refractivity contribution < 1.29 is 19.2 Å². The molecule has 0 aliphatic carbocycles. The van der Waals surface area contributed by atoms with Crippen molar-refractivity contribution in [1.82, 2.24) is 0 Å². The minimum absolute atomic E-state index is 0.186. The van der Waals surface area contributed by atoms with Crippen LogP contribution in [0.4, 0.5) is 11.4 Å². The van der Waals surface area contributed by atoms with Crippen molar-refractivity contribution in [2.45, 2.75) is 62.9 Å². The maximum atomic E-state index is 12.7. The van der Waals surface area contributed by atoms with E-state index in [1.54, 1.807) is 24.3 Å². The molecule has 0 unspecified atom stereocenters. The van der Waals surface area contributed by atoms with Gasteiger partial charge in [0, 0.05) is 12.8 Å². The first-order valence-electron chi connectivity index (χ1n) is 10.5. The van der Waals surface area contributed by atoms with Gasteiger partial charge in [-0.3, -0.25) is 19.2 Å². The molecule has 4 amide bonds. The highest BCUT2D eigenvalue weighted by Crippen LogP contribution is 2.34. The van der Waals surface area contributed by atoms with Crippen molar-refractivity contribution >= 4 is 58.5 Å². The maximum absolute atomic E-state index is 12.7. The van der Waals surface area contributed by atoms with Gasteiger partial charge in [0.2, 0.25) is 23.6 Å².